The first-order valence-electron chi connectivity index (χ1n) is 9.18. The van der Waals surface area contributed by atoms with Gasteiger partial charge in [-0.3, -0.25) is 14.9 Å². The Hall–Kier alpha value is -3.00. The number of hydrogen-bond donors (Lipinski definition) is 0. The van der Waals surface area contributed by atoms with E-state index in [1.54, 1.807) is 39.0 Å². The summed E-state index contributed by atoms with van der Waals surface area (Å²) in [6.07, 6.45) is -1.07. The zero-order valence-corrected chi connectivity index (χ0v) is 17.4. The first kappa shape index (κ1) is 21.7. The number of benzene rings is 2. The number of anilines is 1. The maximum absolute atomic E-state index is 16.7. The van der Waals surface area contributed by atoms with Gasteiger partial charge in [0.25, 0.3) is 5.91 Å². The van der Waals surface area contributed by atoms with E-state index in [2.05, 4.69) is 0 Å². The second kappa shape index (κ2) is 7.68. The highest BCUT2D eigenvalue weighted by Crippen LogP contribution is 2.52. The van der Waals surface area contributed by atoms with Crippen molar-refractivity contribution >= 4 is 29.3 Å². The van der Waals surface area contributed by atoms with Crippen molar-refractivity contribution in [3.05, 3.63) is 74.8 Å². The van der Waals surface area contributed by atoms with Gasteiger partial charge in [0.15, 0.2) is 0 Å². The van der Waals surface area contributed by atoms with Gasteiger partial charge in [-0.25, -0.2) is 14.1 Å². The molecule has 2 aromatic carbocycles. The molecule has 0 aromatic heterocycles. The first-order chi connectivity index (χ1) is 13.9. The smallest absolute Gasteiger partial charge is 0.421 e. The molecule has 2 amide bonds. The van der Waals surface area contributed by atoms with E-state index < -0.39 is 40.7 Å². The fourth-order valence-corrected chi connectivity index (χ4v) is 3.67. The molecule has 0 aliphatic carbocycles. The molecule has 2 aromatic rings. The number of amides is 2. The molecule has 1 aliphatic rings. The van der Waals surface area contributed by atoms with Crippen molar-refractivity contribution < 1.29 is 23.6 Å². The highest BCUT2D eigenvalue weighted by atomic mass is 35.5. The third kappa shape index (κ3) is 3.87. The number of alkyl halides is 1. The summed E-state index contributed by atoms with van der Waals surface area (Å²) in [4.78, 5) is 37.3. The average molecular weight is 435 g/mol. The van der Waals surface area contributed by atoms with Crippen LogP contribution in [-0.2, 0) is 15.2 Å². The monoisotopic (exact) mass is 434 g/mol. The molecule has 1 aliphatic heterocycles. The van der Waals surface area contributed by atoms with Crippen LogP contribution >= 0.6 is 11.6 Å². The zero-order valence-electron chi connectivity index (χ0n) is 16.6. The normalized spacial score (nSPS) is 19.4. The molecule has 0 N–H and O–H groups in total. The van der Waals surface area contributed by atoms with Gasteiger partial charge in [-0.15, -0.1) is 0 Å². The van der Waals surface area contributed by atoms with Gasteiger partial charge in [-0.2, -0.15) is 0 Å². The van der Waals surface area contributed by atoms with Crippen LogP contribution in [-0.4, -0.2) is 29.1 Å². The van der Waals surface area contributed by atoms with Gasteiger partial charge in [0.05, 0.1) is 11.6 Å². The van der Waals surface area contributed by atoms with Crippen molar-refractivity contribution in [1.82, 2.24) is 0 Å². The van der Waals surface area contributed by atoms with Crippen LogP contribution in [0.4, 0.5) is 14.9 Å². The summed E-state index contributed by atoms with van der Waals surface area (Å²) in [6.45, 7) is 3.96. The van der Waals surface area contributed by atoms with Gasteiger partial charge in [-0.1, -0.05) is 41.9 Å². The highest BCUT2D eigenvalue weighted by molar-refractivity contribution is 6.31. The average Bonchev–Trinajstić information content (AvgIpc) is 2.87. The maximum Gasteiger partial charge on any atom is 0.421 e. The van der Waals surface area contributed by atoms with Crippen molar-refractivity contribution in [2.75, 3.05) is 11.4 Å². The number of nitro groups is 1. The molecule has 7 nitrogen and oxygen atoms in total. The van der Waals surface area contributed by atoms with E-state index in [1.165, 1.54) is 30.3 Å². The topological polar surface area (TPSA) is 89.8 Å². The number of carbonyl (C=O) groups is 2. The van der Waals surface area contributed by atoms with Gasteiger partial charge in [0, 0.05) is 15.5 Å². The van der Waals surface area contributed by atoms with E-state index in [1.807, 2.05) is 0 Å². The number of nitrogens with zero attached hydrogens (tertiary/aromatic N) is 2. The van der Waals surface area contributed by atoms with Crippen LogP contribution < -0.4 is 4.90 Å². The second-order valence-corrected chi connectivity index (χ2v) is 8.41. The largest absolute Gasteiger partial charge is 0.443 e. The molecule has 30 heavy (non-hydrogen) atoms. The lowest BCUT2D eigenvalue weighted by molar-refractivity contribution is -0.486. The lowest BCUT2D eigenvalue weighted by Gasteiger charge is -2.28. The lowest BCUT2D eigenvalue weighted by atomic mass is 9.79. The lowest BCUT2D eigenvalue weighted by Crippen LogP contribution is -2.47. The minimum absolute atomic E-state index is 0.0505. The highest BCUT2D eigenvalue weighted by Gasteiger charge is 2.61. The van der Waals surface area contributed by atoms with Gasteiger partial charge in [0.2, 0.25) is 12.2 Å². The standard InChI is InChI=1S/C21H20ClFN2O5/c1-20(2,3)30-19(27)25-17-10-9-14(22)11-15(17)21(23,18(25)26)16(12-24(28)29)13-7-5-4-6-8-13/h4-11,16H,12H2,1-3H3/t16?,21-/m1/s1. The Labute approximate surface area is 177 Å². The Morgan fingerprint density at radius 3 is 2.47 bits per heavy atom. The van der Waals surface area contributed by atoms with E-state index >= 15 is 4.39 Å². The number of carbonyl (C=O) groups excluding carboxylic acids is 2. The third-order valence-corrected chi connectivity index (χ3v) is 4.93. The molecule has 0 radical (unpaired) electrons. The Bertz CT molecular complexity index is 1010. The van der Waals surface area contributed by atoms with E-state index in [-0.39, 0.29) is 21.8 Å². The molecular formula is C21H20ClFN2O5. The summed E-state index contributed by atoms with van der Waals surface area (Å²) >= 11 is 6.04. The van der Waals surface area contributed by atoms with E-state index in [9.17, 15) is 19.7 Å². The number of hydrogen-bond acceptors (Lipinski definition) is 5. The Morgan fingerprint density at radius 1 is 1.27 bits per heavy atom. The van der Waals surface area contributed by atoms with Crippen LogP contribution in [0.2, 0.25) is 5.02 Å². The third-order valence-electron chi connectivity index (χ3n) is 4.70. The summed E-state index contributed by atoms with van der Waals surface area (Å²) < 4.78 is 21.9. The molecule has 3 rings (SSSR count). The fourth-order valence-electron chi connectivity index (χ4n) is 3.50. The summed E-state index contributed by atoms with van der Waals surface area (Å²) in [5, 5.41) is 11.5. The van der Waals surface area contributed by atoms with Gasteiger partial charge in [0.1, 0.15) is 5.60 Å². The Morgan fingerprint density at radius 2 is 1.90 bits per heavy atom. The Kier molecular flexibility index (Phi) is 5.56. The Balaban J connectivity index is 2.20. The summed E-state index contributed by atoms with van der Waals surface area (Å²) in [5.41, 5.74) is -3.83. The van der Waals surface area contributed by atoms with E-state index in [0.717, 1.165) is 0 Å². The number of imide groups is 1. The molecule has 2 atom stereocenters. The molecule has 1 unspecified atom stereocenters. The SMILES string of the molecule is CC(C)(C)OC(=O)N1C(=O)[C@](F)(C(C[N+](=O)[O-])c2ccccc2)c2cc(Cl)ccc21. The van der Waals surface area contributed by atoms with E-state index in [0.29, 0.717) is 4.90 Å². The quantitative estimate of drug-likeness (QED) is 0.507. The number of halogens is 2. The molecular weight excluding hydrogens is 415 g/mol. The van der Waals surface area contributed by atoms with Crippen molar-refractivity contribution in [2.45, 2.75) is 38.0 Å². The second-order valence-electron chi connectivity index (χ2n) is 7.97. The predicted octanol–water partition coefficient (Wildman–Crippen LogP) is 4.85. The summed E-state index contributed by atoms with van der Waals surface area (Å²) in [5.74, 6) is -2.73. The zero-order chi connectivity index (χ0) is 22.3. The molecule has 9 heteroatoms. The number of fused-ring (bicyclic) bond motifs is 1. The predicted molar refractivity (Wildman–Crippen MR) is 109 cm³/mol. The van der Waals surface area contributed by atoms with Crippen LogP contribution in [0.25, 0.3) is 0 Å². The molecule has 0 saturated carbocycles. The molecule has 158 valence electrons. The van der Waals surface area contributed by atoms with Crippen molar-refractivity contribution in [3.8, 4) is 0 Å². The minimum Gasteiger partial charge on any atom is -0.443 e. The van der Waals surface area contributed by atoms with Crippen LogP contribution in [0.1, 0.15) is 37.8 Å². The van der Waals surface area contributed by atoms with Crippen molar-refractivity contribution in [1.29, 1.82) is 0 Å². The van der Waals surface area contributed by atoms with Crippen molar-refractivity contribution in [3.63, 3.8) is 0 Å². The van der Waals surface area contributed by atoms with Crippen LogP contribution in [0.5, 0.6) is 0 Å². The van der Waals surface area contributed by atoms with E-state index in [4.69, 9.17) is 16.3 Å². The molecule has 0 fully saturated rings. The minimum atomic E-state index is -2.88. The number of rotatable bonds is 4. The van der Waals surface area contributed by atoms with Crippen LogP contribution in [0.15, 0.2) is 48.5 Å². The maximum atomic E-state index is 16.7. The summed E-state index contributed by atoms with van der Waals surface area (Å²) in [6, 6.07) is 11.8. The van der Waals surface area contributed by atoms with Crippen LogP contribution in [0, 0.1) is 10.1 Å². The number of ether oxygens (including phenoxy) is 1. The molecule has 0 saturated heterocycles. The van der Waals surface area contributed by atoms with Gasteiger partial charge < -0.3 is 4.74 Å². The summed E-state index contributed by atoms with van der Waals surface area (Å²) in [7, 11) is 0. The van der Waals surface area contributed by atoms with Crippen LogP contribution in [0.3, 0.4) is 0 Å². The van der Waals surface area contributed by atoms with Gasteiger partial charge >= 0.3 is 6.09 Å². The first-order valence-corrected chi connectivity index (χ1v) is 9.56. The molecule has 0 spiro atoms. The van der Waals surface area contributed by atoms with Crippen molar-refractivity contribution in [2.24, 2.45) is 0 Å². The molecule has 0 bridgehead atoms. The fraction of sp³-hybridized carbons (Fsp3) is 0.333. The molecule has 1 heterocycles. The van der Waals surface area contributed by atoms with Gasteiger partial charge in [-0.05, 0) is 44.5 Å².